The van der Waals surface area contributed by atoms with Gasteiger partial charge in [0.15, 0.2) is 0 Å². The quantitative estimate of drug-likeness (QED) is 0.867. The summed E-state index contributed by atoms with van der Waals surface area (Å²) in [6, 6.07) is 5.40. The zero-order valence-electron chi connectivity index (χ0n) is 6.98. The summed E-state index contributed by atoms with van der Waals surface area (Å²) in [5.41, 5.74) is 6.26. The van der Waals surface area contributed by atoms with Crippen molar-refractivity contribution >= 4 is 33.5 Å². The summed E-state index contributed by atoms with van der Waals surface area (Å²) in [5, 5.41) is 4.64. The average molecular weight is 274 g/mol. The van der Waals surface area contributed by atoms with Crippen molar-refractivity contribution in [3.05, 3.63) is 34.0 Å². The van der Waals surface area contributed by atoms with Crippen molar-refractivity contribution in [2.24, 2.45) is 0 Å². The lowest BCUT2D eigenvalue weighted by Crippen LogP contribution is -1.97. The highest BCUT2D eigenvalue weighted by Crippen LogP contribution is 2.24. The predicted octanol–water partition coefficient (Wildman–Crippen LogP) is 2.27. The number of benzene rings is 1. The van der Waals surface area contributed by atoms with Crippen LogP contribution in [-0.4, -0.2) is 14.8 Å². The van der Waals surface area contributed by atoms with Gasteiger partial charge < -0.3 is 5.73 Å². The van der Waals surface area contributed by atoms with Crippen molar-refractivity contribution in [3.63, 3.8) is 0 Å². The summed E-state index contributed by atoms with van der Waals surface area (Å²) in [4.78, 5) is 3.83. The molecule has 0 spiro atoms. The standard InChI is InChI=1S/C8H6BrClN4/c9-6-3-5(10)1-2-7(6)14-4-12-8(11)13-14/h1-4H,(H2,11,13). The van der Waals surface area contributed by atoms with Gasteiger partial charge in [-0.1, -0.05) is 11.6 Å². The minimum Gasteiger partial charge on any atom is -0.366 e. The maximum Gasteiger partial charge on any atom is 0.239 e. The first-order chi connectivity index (χ1) is 6.66. The van der Waals surface area contributed by atoms with Crippen LogP contribution in [0.2, 0.25) is 5.02 Å². The molecule has 0 unspecified atom stereocenters. The van der Waals surface area contributed by atoms with Gasteiger partial charge in [-0.15, -0.1) is 5.10 Å². The van der Waals surface area contributed by atoms with Gasteiger partial charge in [0.2, 0.25) is 5.95 Å². The number of nitrogens with zero attached hydrogens (tertiary/aromatic N) is 3. The van der Waals surface area contributed by atoms with Gasteiger partial charge in [0, 0.05) is 9.50 Å². The Morgan fingerprint density at radius 3 is 2.79 bits per heavy atom. The molecule has 2 rings (SSSR count). The third-order valence-electron chi connectivity index (χ3n) is 1.67. The van der Waals surface area contributed by atoms with Gasteiger partial charge in [-0.3, -0.25) is 0 Å². The van der Waals surface area contributed by atoms with Crippen LogP contribution in [0.1, 0.15) is 0 Å². The van der Waals surface area contributed by atoms with Gasteiger partial charge in [-0.25, -0.2) is 9.67 Å². The highest BCUT2D eigenvalue weighted by Gasteiger charge is 2.04. The molecule has 6 heteroatoms. The number of nitrogens with two attached hydrogens (primary N) is 1. The van der Waals surface area contributed by atoms with E-state index in [4.69, 9.17) is 17.3 Å². The van der Waals surface area contributed by atoms with Crippen molar-refractivity contribution in [1.29, 1.82) is 0 Å². The largest absolute Gasteiger partial charge is 0.366 e. The van der Waals surface area contributed by atoms with E-state index in [2.05, 4.69) is 26.0 Å². The number of hydrogen-bond acceptors (Lipinski definition) is 3. The summed E-state index contributed by atoms with van der Waals surface area (Å²) < 4.78 is 2.42. The molecule has 0 saturated heterocycles. The second-order valence-corrected chi connectivity index (χ2v) is 3.93. The van der Waals surface area contributed by atoms with Crippen LogP contribution in [0.5, 0.6) is 0 Å². The molecule has 0 aliphatic carbocycles. The Labute approximate surface area is 93.8 Å². The highest BCUT2D eigenvalue weighted by atomic mass is 79.9. The van der Waals surface area contributed by atoms with Crippen molar-refractivity contribution < 1.29 is 0 Å². The number of nitrogen functional groups attached to an aromatic ring is 1. The third kappa shape index (κ3) is 1.73. The summed E-state index contributed by atoms with van der Waals surface area (Å²) in [5.74, 6) is 0.242. The van der Waals surface area contributed by atoms with E-state index in [-0.39, 0.29) is 5.95 Å². The molecule has 1 heterocycles. The van der Waals surface area contributed by atoms with E-state index in [0.29, 0.717) is 5.02 Å². The molecule has 1 aromatic heterocycles. The van der Waals surface area contributed by atoms with Gasteiger partial charge >= 0.3 is 0 Å². The Bertz CT molecular complexity index is 468. The van der Waals surface area contributed by atoms with E-state index in [9.17, 15) is 0 Å². The fourth-order valence-electron chi connectivity index (χ4n) is 1.06. The summed E-state index contributed by atoms with van der Waals surface area (Å²) in [7, 11) is 0. The summed E-state index contributed by atoms with van der Waals surface area (Å²) in [6.07, 6.45) is 1.54. The van der Waals surface area contributed by atoms with Crippen LogP contribution in [0, 0.1) is 0 Å². The average Bonchev–Trinajstić information content (AvgIpc) is 2.51. The lowest BCUT2D eigenvalue weighted by molar-refractivity contribution is 0.879. The maximum absolute atomic E-state index is 5.81. The lowest BCUT2D eigenvalue weighted by atomic mass is 10.3. The first-order valence-corrected chi connectivity index (χ1v) is 4.96. The van der Waals surface area contributed by atoms with Crippen LogP contribution in [0.3, 0.4) is 0 Å². The van der Waals surface area contributed by atoms with Crippen LogP contribution in [0.15, 0.2) is 29.0 Å². The smallest absolute Gasteiger partial charge is 0.239 e. The van der Waals surface area contributed by atoms with Gasteiger partial charge in [0.25, 0.3) is 0 Å². The third-order valence-corrected chi connectivity index (χ3v) is 2.54. The van der Waals surface area contributed by atoms with E-state index in [1.807, 2.05) is 6.07 Å². The fraction of sp³-hybridized carbons (Fsp3) is 0. The first kappa shape index (κ1) is 9.48. The van der Waals surface area contributed by atoms with E-state index in [1.54, 1.807) is 23.1 Å². The Morgan fingerprint density at radius 2 is 2.21 bits per heavy atom. The molecule has 0 bridgehead atoms. The molecule has 0 radical (unpaired) electrons. The molecule has 0 aliphatic rings. The van der Waals surface area contributed by atoms with Crippen LogP contribution in [0.25, 0.3) is 5.69 Å². The molecule has 72 valence electrons. The molecule has 0 fully saturated rings. The number of aromatic nitrogens is 3. The fourth-order valence-corrected chi connectivity index (χ4v) is 1.92. The molecule has 2 N–H and O–H groups in total. The normalized spacial score (nSPS) is 10.4. The molecule has 0 saturated carbocycles. The van der Waals surface area contributed by atoms with Gasteiger partial charge in [0.05, 0.1) is 5.69 Å². The maximum atomic E-state index is 5.81. The van der Waals surface area contributed by atoms with Crippen molar-refractivity contribution in [1.82, 2.24) is 14.8 Å². The van der Waals surface area contributed by atoms with E-state index >= 15 is 0 Å². The molecule has 0 amide bonds. The monoisotopic (exact) mass is 272 g/mol. The van der Waals surface area contributed by atoms with Crippen LogP contribution in [0.4, 0.5) is 5.95 Å². The van der Waals surface area contributed by atoms with Crippen molar-refractivity contribution in [2.45, 2.75) is 0 Å². The minimum absolute atomic E-state index is 0.242. The van der Waals surface area contributed by atoms with Crippen molar-refractivity contribution in [3.8, 4) is 5.69 Å². The molecular formula is C8H6BrClN4. The molecule has 0 aliphatic heterocycles. The molecule has 4 nitrogen and oxygen atoms in total. The first-order valence-electron chi connectivity index (χ1n) is 3.79. The molecule has 0 atom stereocenters. The molecule has 1 aromatic carbocycles. The number of rotatable bonds is 1. The number of halogens is 2. The van der Waals surface area contributed by atoms with Crippen molar-refractivity contribution in [2.75, 3.05) is 5.73 Å². The molecule has 14 heavy (non-hydrogen) atoms. The number of anilines is 1. The minimum atomic E-state index is 0.242. The van der Waals surface area contributed by atoms with Crippen LogP contribution in [-0.2, 0) is 0 Å². The Hall–Kier alpha value is -1.07. The predicted molar refractivity (Wildman–Crippen MR) is 58.5 cm³/mol. The Balaban J connectivity index is 2.52. The Morgan fingerprint density at radius 1 is 1.43 bits per heavy atom. The summed E-state index contributed by atoms with van der Waals surface area (Å²) >= 11 is 9.19. The van der Waals surface area contributed by atoms with E-state index < -0.39 is 0 Å². The number of hydrogen-bond donors (Lipinski definition) is 1. The second kappa shape index (κ2) is 3.59. The summed E-state index contributed by atoms with van der Waals surface area (Å²) in [6.45, 7) is 0. The lowest BCUT2D eigenvalue weighted by Gasteiger charge is -2.02. The topological polar surface area (TPSA) is 56.7 Å². The van der Waals surface area contributed by atoms with Gasteiger partial charge in [-0.05, 0) is 34.1 Å². The van der Waals surface area contributed by atoms with Gasteiger partial charge in [0.1, 0.15) is 6.33 Å². The Kier molecular flexibility index (Phi) is 2.43. The highest BCUT2D eigenvalue weighted by molar-refractivity contribution is 9.10. The SMILES string of the molecule is Nc1ncn(-c2ccc(Cl)cc2Br)n1. The van der Waals surface area contributed by atoms with E-state index in [0.717, 1.165) is 10.2 Å². The zero-order valence-corrected chi connectivity index (χ0v) is 9.33. The molecular weight excluding hydrogens is 267 g/mol. The van der Waals surface area contributed by atoms with E-state index in [1.165, 1.54) is 0 Å². The molecule has 2 aromatic rings. The second-order valence-electron chi connectivity index (χ2n) is 2.64. The van der Waals surface area contributed by atoms with Crippen LogP contribution < -0.4 is 5.73 Å². The zero-order chi connectivity index (χ0) is 10.1. The van der Waals surface area contributed by atoms with Gasteiger partial charge in [-0.2, -0.15) is 0 Å². The van der Waals surface area contributed by atoms with Crippen LogP contribution >= 0.6 is 27.5 Å².